The molecule has 0 aromatic heterocycles. The van der Waals surface area contributed by atoms with Crippen LogP contribution in [0.15, 0.2) is 42.5 Å². The molecule has 0 saturated heterocycles. The topological polar surface area (TPSA) is 55.1 Å². The van der Waals surface area contributed by atoms with Gasteiger partial charge in [-0.2, -0.15) is 0 Å². The fourth-order valence-electron chi connectivity index (χ4n) is 1.74. The molecule has 3 N–H and O–H groups in total. The fraction of sp³-hybridized carbons (Fsp3) is 0.0667. The first-order valence-corrected chi connectivity index (χ1v) is 6.74. The molecule has 1 amide bonds. The highest BCUT2D eigenvalue weighted by atomic mass is 35.5. The van der Waals surface area contributed by atoms with Gasteiger partial charge in [-0.15, -0.1) is 0 Å². The third kappa shape index (κ3) is 3.15. The quantitative estimate of drug-likeness (QED) is 0.853. The van der Waals surface area contributed by atoms with Crippen LogP contribution < -0.4 is 11.1 Å². The third-order valence-corrected chi connectivity index (χ3v) is 3.50. The normalized spacial score (nSPS) is 10.1. The van der Waals surface area contributed by atoms with Gasteiger partial charge >= 0.3 is 0 Å². The molecule has 20 heavy (non-hydrogen) atoms. The second-order valence-electron chi connectivity index (χ2n) is 4.33. The molecule has 2 aromatic carbocycles. The van der Waals surface area contributed by atoms with E-state index in [1.165, 1.54) is 0 Å². The number of aryl methyl sites for hydroxylation is 1. The van der Waals surface area contributed by atoms with Gasteiger partial charge in [0.2, 0.25) is 0 Å². The van der Waals surface area contributed by atoms with Crippen LogP contribution in [0.3, 0.4) is 0 Å². The van der Waals surface area contributed by atoms with Crippen molar-refractivity contribution in [3.05, 3.63) is 64.2 Å². The molecule has 2 aromatic rings. The van der Waals surface area contributed by atoms with E-state index >= 15 is 0 Å². The first-order valence-electron chi connectivity index (χ1n) is 5.95. The van der Waals surface area contributed by atoms with Crippen molar-refractivity contribution in [1.82, 2.24) is 0 Å². The van der Waals surface area contributed by atoms with Gasteiger partial charge in [-0.3, -0.25) is 4.79 Å². The van der Waals surface area contributed by atoms with Crippen molar-refractivity contribution in [2.45, 2.75) is 6.92 Å². The molecule has 0 bridgehead atoms. The largest absolute Gasteiger partial charge is 0.389 e. The van der Waals surface area contributed by atoms with E-state index in [-0.39, 0.29) is 10.9 Å². The van der Waals surface area contributed by atoms with Crippen LogP contribution in [-0.2, 0) is 0 Å². The summed E-state index contributed by atoms with van der Waals surface area (Å²) in [6.45, 7) is 1.88. The van der Waals surface area contributed by atoms with E-state index in [1.807, 2.05) is 13.0 Å². The smallest absolute Gasteiger partial charge is 0.255 e. The first kappa shape index (κ1) is 14.5. The number of para-hydroxylation sites is 1. The highest BCUT2D eigenvalue weighted by molar-refractivity contribution is 7.80. The Labute approximate surface area is 127 Å². The van der Waals surface area contributed by atoms with Crippen molar-refractivity contribution >= 4 is 40.4 Å². The summed E-state index contributed by atoms with van der Waals surface area (Å²) in [5, 5.41) is 3.35. The predicted octanol–water partition coefficient (Wildman–Crippen LogP) is 3.53. The molecule has 0 aliphatic carbocycles. The molecule has 0 unspecified atom stereocenters. The van der Waals surface area contributed by atoms with Crippen molar-refractivity contribution in [3.8, 4) is 0 Å². The number of benzene rings is 2. The van der Waals surface area contributed by atoms with Crippen LogP contribution in [0.1, 0.15) is 21.5 Å². The lowest BCUT2D eigenvalue weighted by Gasteiger charge is -2.10. The number of hydrogen-bond donors (Lipinski definition) is 2. The Morgan fingerprint density at radius 3 is 2.60 bits per heavy atom. The second-order valence-corrected chi connectivity index (χ2v) is 5.17. The van der Waals surface area contributed by atoms with Gasteiger partial charge in [-0.1, -0.05) is 42.0 Å². The average Bonchev–Trinajstić information content (AvgIpc) is 2.42. The van der Waals surface area contributed by atoms with Gasteiger partial charge in [0.25, 0.3) is 5.91 Å². The highest BCUT2D eigenvalue weighted by Crippen LogP contribution is 2.19. The number of rotatable bonds is 3. The average molecular weight is 305 g/mol. The van der Waals surface area contributed by atoms with Crippen molar-refractivity contribution in [3.63, 3.8) is 0 Å². The molecule has 5 heteroatoms. The molecule has 0 aliphatic rings. The minimum absolute atomic E-state index is 0.239. The zero-order valence-corrected chi connectivity index (χ0v) is 12.4. The summed E-state index contributed by atoms with van der Waals surface area (Å²) >= 11 is 11.0. The molecule has 0 fully saturated rings. The van der Waals surface area contributed by atoms with E-state index in [9.17, 15) is 4.79 Å². The van der Waals surface area contributed by atoms with Crippen LogP contribution >= 0.6 is 23.8 Å². The number of carbonyl (C=O) groups excluding carboxylic acids is 1. The van der Waals surface area contributed by atoms with Crippen molar-refractivity contribution < 1.29 is 4.79 Å². The van der Waals surface area contributed by atoms with Gasteiger partial charge in [0.1, 0.15) is 4.99 Å². The summed E-state index contributed by atoms with van der Waals surface area (Å²) in [4.78, 5) is 12.4. The number of nitrogens with one attached hydrogen (secondary N) is 1. The number of amides is 1. The number of carbonyl (C=O) groups is 1. The molecule has 0 atom stereocenters. The van der Waals surface area contributed by atoms with E-state index in [2.05, 4.69) is 5.32 Å². The number of thiocarbonyl (C=S) groups is 1. The van der Waals surface area contributed by atoms with E-state index in [0.29, 0.717) is 21.8 Å². The van der Waals surface area contributed by atoms with Crippen LogP contribution in [0.2, 0.25) is 5.02 Å². The molecule has 0 heterocycles. The van der Waals surface area contributed by atoms with Crippen LogP contribution in [0.25, 0.3) is 0 Å². The molecule has 0 aliphatic heterocycles. The summed E-state index contributed by atoms with van der Waals surface area (Å²) in [5.41, 5.74) is 8.26. The van der Waals surface area contributed by atoms with E-state index in [0.717, 1.165) is 5.56 Å². The van der Waals surface area contributed by atoms with Crippen LogP contribution in [0, 0.1) is 6.92 Å². The van der Waals surface area contributed by atoms with Gasteiger partial charge in [0.15, 0.2) is 0 Å². The third-order valence-electron chi connectivity index (χ3n) is 2.87. The van der Waals surface area contributed by atoms with Gasteiger partial charge in [-0.25, -0.2) is 0 Å². The first-order chi connectivity index (χ1) is 9.49. The standard InChI is InChI=1S/C15H13ClN2OS/c1-9-6-7-10(8-12(9)16)15(19)18-13-5-3-2-4-11(13)14(17)20/h2-8H,1H3,(H2,17,20)(H,18,19). The Hall–Kier alpha value is -1.91. The predicted molar refractivity (Wildman–Crippen MR) is 86.5 cm³/mol. The number of nitrogens with two attached hydrogens (primary N) is 1. The second kappa shape index (κ2) is 6.03. The summed E-state index contributed by atoms with van der Waals surface area (Å²) in [6.07, 6.45) is 0. The van der Waals surface area contributed by atoms with Crippen molar-refractivity contribution in [1.29, 1.82) is 0 Å². The van der Waals surface area contributed by atoms with Crippen molar-refractivity contribution in [2.24, 2.45) is 5.73 Å². The van der Waals surface area contributed by atoms with E-state index in [4.69, 9.17) is 29.6 Å². The lowest BCUT2D eigenvalue weighted by Crippen LogP contribution is -2.17. The van der Waals surface area contributed by atoms with E-state index in [1.54, 1.807) is 36.4 Å². The minimum Gasteiger partial charge on any atom is -0.389 e. The Kier molecular flexibility index (Phi) is 4.37. The van der Waals surface area contributed by atoms with Crippen molar-refractivity contribution in [2.75, 3.05) is 5.32 Å². The minimum atomic E-state index is -0.254. The zero-order valence-electron chi connectivity index (χ0n) is 10.8. The maximum atomic E-state index is 12.2. The Bertz CT molecular complexity index is 685. The van der Waals surface area contributed by atoms with Crippen LogP contribution in [-0.4, -0.2) is 10.9 Å². The molecule has 0 saturated carbocycles. The van der Waals surface area contributed by atoms with E-state index < -0.39 is 0 Å². The fourth-order valence-corrected chi connectivity index (χ4v) is 2.09. The molecular formula is C15H13ClN2OS. The molecule has 0 spiro atoms. The molecular weight excluding hydrogens is 292 g/mol. The van der Waals surface area contributed by atoms with Gasteiger partial charge < -0.3 is 11.1 Å². The Morgan fingerprint density at radius 1 is 1.25 bits per heavy atom. The number of halogens is 1. The molecule has 2 rings (SSSR count). The zero-order chi connectivity index (χ0) is 14.7. The van der Waals surface area contributed by atoms with Gasteiger partial charge in [-0.05, 0) is 36.8 Å². The number of hydrogen-bond acceptors (Lipinski definition) is 2. The monoisotopic (exact) mass is 304 g/mol. The molecule has 102 valence electrons. The SMILES string of the molecule is Cc1ccc(C(=O)Nc2ccccc2C(N)=S)cc1Cl. The maximum absolute atomic E-state index is 12.2. The van der Waals surface area contributed by atoms with Crippen LogP contribution in [0.4, 0.5) is 5.69 Å². The van der Waals surface area contributed by atoms with Gasteiger partial charge in [0.05, 0.1) is 5.69 Å². The maximum Gasteiger partial charge on any atom is 0.255 e. The Morgan fingerprint density at radius 2 is 1.95 bits per heavy atom. The lowest BCUT2D eigenvalue weighted by molar-refractivity contribution is 0.102. The lowest BCUT2D eigenvalue weighted by atomic mass is 10.1. The van der Waals surface area contributed by atoms with Crippen LogP contribution in [0.5, 0.6) is 0 Å². The number of anilines is 1. The molecule has 3 nitrogen and oxygen atoms in total. The molecule has 0 radical (unpaired) electrons. The summed E-state index contributed by atoms with van der Waals surface area (Å²) in [7, 11) is 0. The summed E-state index contributed by atoms with van der Waals surface area (Å²) in [5.74, 6) is -0.254. The summed E-state index contributed by atoms with van der Waals surface area (Å²) < 4.78 is 0. The Balaban J connectivity index is 2.28. The summed E-state index contributed by atoms with van der Waals surface area (Å²) in [6, 6.07) is 12.3. The van der Waals surface area contributed by atoms with Gasteiger partial charge in [0, 0.05) is 16.1 Å². The highest BCUT2D eigenvalue weighted by Gasteiger charge is 2.11.